The van der Waals surface area contributed by atoms with Gasteiger partial charge in [0.2, 0.25) is 0 Å². The van der Waals surface area contributed by atoms with E-state index >= 15 is 0 Å². The van der Waals surface area contributed by atoms with Gasteiger partial charge in [-0.15, -0.1) is 0 Å². The van der Waals surface area contributed by atoms with Crippen LogP contribution in [0.15, 0.2) is 24.3 Å². The molecule has 0 aliphatic carbocycles. The third-order valence-corrected chi connectivity index (χ3v) is 5.89. The Balaban J connectivity index is 1.82. The van der Waals surface area contributed by atoms with Gasteiger partial charge >= 0.3 is 0 Å². The van der Waals surface area contributed by atoms with Crippen molar-refractivity contribution in [2.45, 2.75) is 25.4 Å². The number of quaternary nitrogens is 1. The van der Waals surface area contributed by atoms with Gasteiger partial charge in [-0.25, -0.2) is 0 Å². The third kappa shape index (κ3) is 2.42. The van der Waals surface area contributed by atoms with Gasteiger partial charge in [-0.1, -0.05) is 0 Å². The molecular weight excluding hydrogens is 318 g/mol. The van der Waals surface area contributed by atoms with Crippen LogP contribution in [0.4, 0.5) is 0 Å². The van der Waals surface area contributed by atoms with Crippen LogP contribution < -0.4 is 9.47 Å². The molecule has 2 aromatic carbocycles. The van der Waals surface area contributed by atoms with Crippen LogP contribution in [0.1, 0.15) is 28.3 Å². The van der Waals surface area contributed by atoms with Crippen LogP contribution in [-0.4, -0.2) is 42.5 Å². The van der Waals surface area contributed by atoms with E-state index in [9.17, 15) is 10.2 Å². The highest BCUT2D eigenvalue weighted by Crippen LogP contribution is 2.47. The summed E-state index contributed by atoms with van der Waals surface area (Å²) in [6, 6.07) is 7.93. The maximum Gasteiger partial charge on any atom is 0.161 e. The molecule has 0 radical (unpaired) electrons. The number of fused-ring (bicyclic) bond motifs is 4. The summed E-state index contributed by atoms with van der Waals surface area (Å²) >= 11 is 0. The molecule has 0 aromatic heterocycles. The van der Waals surface area contributed by atoms with Crippen LogP contribution >= 0.6 is 0 Å². The highest BCUT2D eigenvalue weighted by Gasteiger charge is 2.43. The lowest BCUT2D eigenvalue weighted by Gasteiger charge is -2.49. The summed E-state index contributed by atoms with van der Waals surface area (Å²) in [7, 11) is 5.45. The Kier molecular flexibility index (Phi) is 3.58. The Bertz CT molecular complexity index is 848. The molecular formula is C20H24NO4+. The predicted octanol–water partition coefficient (Wildman–Crippen LogP) is 2.92. The highest BCUT2D eigenvalue weighted by molar-refractivity contribution is 5.51. The smallest absolute Gasteiger partial charge is 0.161 e. The molecule has 0 saturated carbocycles. The van der Waals surface area contributed by atoms with Gasteiger partial charge in [-0.3, -0.25) is 0 Å². The number of benzene rings is 2. The lowest BCUT2D eigenvalue weighted by atomic mass is 9.81. The van der Waals surface area contributed by atoms with Crippen molar-refractivity contribution < 1.29 is 24.2 Å². The number of ether oxygens (including phenoxy) is 2. The number of nitrogens with zero attached hydrogens (tertiary/aromatic N) is 1. The Labute approximate surface area is 147 Å². The molecule has 0 bridgehead atoms. The Morgan fingerprint density at radius 1 is 0.920 bits per heavy atom. The second-order valence-corrected chi connectivity index (χ2v) is 7.35. The second-order valence-electron chi connectivity index (χ2n) is 7.35. The van der Waals surface area contributed by atoms with Crippen LogP contribution in [0, 0.1) is 0 Å². The first kappa shape index (κ1) is 16.1. The number of aromatic hydroxyl groups is 2. The van der Waals surface area contributed by atoms with Gasteiger partial charge in [0.05, 0.1) is 27.8 Å². The van der Waals surface area contributed by atoms with Gasteiger partial charge in [0, 0.05) is 24.0 Å². The van der Waals surface area contributed by atoms with E-state index in [1.54, 1.807) is 14.2 Å². The average molecular weight is 342 g/mol. The van der Waals surface area contributed by atoms with E-state index in [0.717, 1.165) is 30.4 Å². The molecule has 0 amide bonds. The van der Waals surface area contributed by atoms with Crippen molar-refractivity contribution >= 4 is 0 Å². The average Bonchev–Trinajstić information content (AvgIpc) is 2.59. The van der Waals surface area contributed by atoms with Gasteiger partial charge in [0.25, 0.3) is 0 Å². The van der Waals surface area contributed by atoms with E-state index in [2.05, 4.69) is 7.05 Å². The van der Waals surface area contributed by atoms with Crippen molar-refractivity contribution in [3.05, 3.63) is 46.5 Å². The minimum atomic E-state index is 0.191. The third-order valence-electron chi connectivity index (χ3n) is 5.89. The number of hydrogen-bond donors (Lipinski definition) is 2. The van der Waals surface area contributed by atoms with Crippen LogP contribution in [0.3, 0.4) is 0 Å². The largest absolute Gasteiger partial charge is 0.504 e. The molecule has 2 unspecified atom stereocenters. The van der Waals surface area contributed by atoms with Gasteiger partial charge in [-0.2, -0.15) is 0 Å². The minimum absolute atomic E-state index is 0.191. The first-order valence-corrected chi connectivity index (χ1v) is 8.58. The standard InChI is InChI=1S/C20H23NO4/c1-21-5-4-12-7-17(22)20(25-3)10-15(12)16(21)6-13-8-18(23)19(24-2)9-14(13)11-21/h7-10,16H,4-6,11H2,1-3H3,(H-,22,23)/p+1. The van der Waals surface area contributed by atoms with E-state index in [1.165, 1.54) is 22.3 Å². The first-order chi connectivity index (χ1) is 11.9. The number of phenols is 2. The van der Waals surface area contributed by atoms with Crippen LogP contribution in [-0.2, 0) is 19.4 Å². The summed E-state index contributed by atoms with van der Waals surface area (Å²) in [6.45, 7) is 1.92. The summed E-state index contributed by atoms with van der Waals surface area (Å²) in [6.07, 6.45) is 1.79. The quantitative estimate of drug-likeness (QED) is 0.824. The predicted molar refractivity (Wildman–Crippen MR) is 94.2 cm³/mol. The SMILES string of the molecule is COc1cc2c(cc1O)CC1c3cc(OC)c(O)cc3CC[N+]1(C)C2. The minimum Gasteiger partial charge on any atom is -0.504 e. The zero-order valence-corrected chi connectivity index (χ0v) is 14.9. The number of methoxy groups -OCH3 is 2. The van der Waals surface area contributed by atoms with E-state index in [4.69, 9.17) is 9.47 Å². The molecule has 5 heteroatoms. The zero-order chi connectivity index (χ0) is 17.8. The van der Waals surface area contributed by atoms with Crippen molar-refractivity contribution in [2.75, 3.05) is 27.8 Å². The van der Waals surface area contributed by atoms with Crippen molar-refractivity contribution in [1.29, 1.82) is 0 Å². The summed E-state index contributed by atoms with van der Waals surface area (Å²) in [5.41, 5.74) is 4.84. The van der Waals surface area contributed by atoms with E-state index in [0.29, 0.717) is 17.5 Å². The van der Waals surface area contributed by atoms with Gasteiger partial charge < -0.3 is 24.2 Å². The van der Waals surface area contributed by atoms with Crippen LogP contribution in [0.25, 0.3) is 0 Å². The van der Waals surface area contributed by atoms with E-state index in [1.807, 2.05) is 24.3 Å². The number of rotatable bonds is 2. The Morgan fingerprint density at radius 3 is 2.24 bits per heavy atom. The fourth-order valence-corrected chi connectivity index (χ4v) is 4.46. The molecule has 0 fully saturated rings. The maximum atomic E-state index is 10.2. The van der Waals surface area contributed by atoms with Gasteiger partial charge in [0.15, 0.2) is 23.0 Å². The molecule has 2 N–H and O–H groups in total. The topological polar surface area (TPSA) is 58.9 Å². The van der Waals surface area contributed by atoms with Gasteiger partial charge in [-0.05, 0) is 35.4 Å². The van der Waals surface area contributed by atoms with E-state index < -0.39 is 0 Å². The van der Waals surface area contributed by atoms with Crippen molar-refractivity contribution in [3.8, 4) is 23.0 Å². The maximum absolute atomic E-state index is 10.2. The summed E-state index contributed by atoms with van der Waals surface area (Å²) in [4.78, 5) is 0. The normalized spacial score (nSPS) is 24.0. The summed E-state index contributed by atoms with van der Waals surface area (Å²) in [5.74, 6) is 1.45. The molecule has 2 aromatic rings. The van der Waals surface area contributed by atoms with E-state index in [-0.39, 0.29) is 11.5 Å². The highest BCUT2D eigenvalue weighted by atomic mass is 16.5. The Hall–Kier alpha value is -2.40. The fraction of sp³-hybridized carbons (Fsp3) is 0.400. The first-order valence-electron chi connectivity index (χ1n) is 8.58. The summed E-state index contributed by atoms with van der Waals surface area (Å²) in [5, 5.41) is 20.3. The van der Waals surface area contributed by atoms with Crippen molar-refractivity contribution in [2.24, 2.45) is 0 Å². The van der Waals surface area contributed by atoms with Crippen LogP contribution in [0.2, 0.25) is 0 Å². The molecule has 132 valence electrons. The molecule has 0 saturated heterocycles. The number of phenolic OH excluding ortho intramolecular Hbond substituents is 2. The van der Waals surface area contributed by atoms with Crippen molar-refractivity contribution in [1.82, 2.24) is 0 Å². The monoisotopic (exact) mass is 342 g/mol. The van der Waals surface area contributed by atoms with Crippen LogP contribution in [0.5, 0.6) is 23.0 Å². The molecule has 2 atom stereocenters. The molecule has 2 heterocycles. The molecule has 4 rings (SSSR count). The number of hydrogen-bond acceptors (Lipinski definition) is 4. The molecule has 0 spiro atoms. The lowest BCUT2D eigenvalue weighted by Crippen LogP contribution is -2.53. The zero-order valence-electron chi connectivity index (χ0n) is 14.9. The molecule has 2 aliphatic rings. The van der Waals surface area contributed by atoms with Crippen molar-refractivity contribution in [3.63, 3.8) is 0 Å². The molecule has 25 heavy (non-hydrogen) atoms. The number of likely N-dealkylation sites (N-methyl/N-ethyl adjacent to an activating group) is 1. The summed E-state index contributed by atoms with van der Waals surface area (Å²) < 4.78 is 11.5. The van der Waals surface area contributed by atoms with Gasteiger partial charge in [0.1, 0.15) is 12.6 Å². The second kappa shape index (κ2) is 5.56. The lowest BCUT2D eigenvalue weighted by molar-refractivity contribution is -0.956. The molecule has 5 nitrogen and oxygen atoms in total. The fourth-order valence-electron chi connectivity index (χ4n) is 4.46. The molecule has 2 aliphatic heterocycles. The Morgan fingerprint density at radius 2 is 1.56 bits per heavy atom.